The molecular weight excluding hydrogens is 436 g/mol. The van der Waals surface area contributed by atoms with Gasteiger partial charge in [-0.15, -0.1) is 0 Å². The maximum Gasteiger partial charge on any atom is 0.414 e. The van der Waals surface area contributed by atoms with Crippen LogP contribution in [0.2, 0.25) is 0 Å². The Morgan fingerprint density at radius 3 is 2.18 bits per heavy atom. The molecule has 0 unspecified atom stereocenters. The summed E-state index contributed by atoms with van der Waals surface area (Å²) in [5.41, 5.74) is 4.63. The minimum Gasteiger partial charge on any atom is -0.493 e. The van der Waals surface area contributed by atoms with Gasteiger partial charge >= 0.3 is 12.2 Å². The van der Waals surface area contributed by atoms with E-state index in [2.05, 4.69) is 18.2 Å². The average Bonchev–Trinajstić information content (AvgIpc) is 2.80. The molecule has 0 fully saturated rings. The first-order valence-electron chi connectivity index (χ1n) is 11.4. The molecule has 0 N–H and O–H groups in total. The van der Waals surface area contributed by atoms with Crippen molar-refractivity contribution in [2.45, 2.75) is 52.7 Å². The summed E-state index contributed by atoms with van der Waals surface area (Å²) < 4.78 is 21.6. The summed E-state index contributed by atoms with van der Waals surface area (Å²) in [6.45, 7) is 8.40. The smallest absolute Gasteiger partial charge is 0.414 e. The van der Waals surface area contributed by atoms with Crippen LogP contribution in [0.25, 0.3) is 0 Å². The van der Waals surface area contributed by atoms with Gasteiger partial charge in [0.05, 0.1) is 39.7 Å². The summed E-state index contributed by atoms with van der Waals surface area (Å²) in [4.78, 5) is 29.2. The second-order valence-electron chi connectivity index (χ2n) is 8.53. The number of benzene rings is 2. The third-order valence-electron chi connectivity index (χ3n) is 6.04. The lowest BCUT2D eigenvalue weighted by molar-refractivity contribution is 0.0941. The van der Waals surface area contributed by atoms with Gasteiger partial charge in [0.25, 0.3) is 0 Å². The zero-order valence-electron chi connectivity index (χ0n) is 21.0. The van der Waals surface area contributed by atoms with Crippen molar-refractivity contribution < 1.29 is 28.5 Å². The molecule has 184 valence electrons. The molecule has 3 rings (SSSR count). The molecule has 34 heavy (non-hydrogen) atoms. The van der Waals surface area contributed by atoms with Crippen LogP contribution in [0.15, 0.2) is 30.3 Å². The third-order valence-corrected chi connectivity index (χ3v) is 6.04. The van der Waals surface area contributed by atoms with Gasteiger partial charge in [-0.25, -0.2) is 9.59 Å². The quantitative estimate of drug-likeness (QED) is 0.564. The summed E-state index contributed by atoms with van der Waals surface area (Å²) in [6, 6.07) is 9.22. The molecule has 8 heteroatoms. The monoisotopic (exact) mass is 470 g/mol. The Morgan fingerprint density at radius 2 is 1.62 bits per heavy atom. The Morgan fingerprint density at radius 1 is 1.00 bits per heavy atom. The topological polar surface area (TPSA) is 77.5 Å². The predicted molar refractivity (Wildman–Crippen MR) is 130 cm³/mol. The molecule has 1 heterocycles. The number of nitrogens with zero attached hydrogens (tertiary/aromatic N) is 2. The summed E-state index contributed by atoms with van der Waals surface area (Å²) in [5.74, 6) is 1.00. The largest absolute Gasteiger partial charge is 0.493 e. The number of carbonyl (C=O) groups is 2. The molecule has 0 spiro atoms. The SMILES string of the molecule is CCOC(=O)N1c2cc(OC)c(OC)cc2[C@H](N(Cc2cc(C)cc(C)c2)C(=O)OC)C[C@@H]1C. The summed E-state index contributed by atoms with van der Waals surface area (Å²) in [7, 11) is 4.48. The van der Waals surface area contributed by atoms with Crippen LogP contribution < -0.4 is 14.4 Å². The van der Waals surface area contributed by atoms with Gasteiger partial charge in [-0.1, -0.05) is 29.3 Å². The fraction of sp³-hybridized carbons (Fsp3) is 0.462. The van der Waals surface area contributed by atoms with Gasteiger partial charge in [0, 0.05) is 24.2 Å². The normalized spacial score (nSPS) is 17.0. The van der Waals surface area contributed by atoms with Gasteiger partial charge in [-0.2, -0.15) is 0 Å². The van der Waals surface area contributed by atoms with Crippen LogP contribution in [0.5, 0.6) is 11.5 Å². The van der Waals surface area contributed by atoms with E-state index in [1.165, 1.54) is 7.11 Å². The number of anilines is 1. The van der Waals surface area contributed by atoms with E-state index >= 15 is 0 Å². The number of fused-ring (bicyclic) bond motifs is 1. The van der Waals surface area contributed by atoms with Gasteiger partial charge in [0.2, 0.25) is 0 Å². The van der Waals surface area contributed by atoms with Crippen molar-refractivity contribution in [2.24, 2.45) is 0 Å². The second-order valence-corrected chi connectivity index (χ2v) is 8.53. The average molecular weight is 471 g/mol. The molecule has 0 aromatic heterocycles. The number of hydrogen-bond acceptors (Lipinski definition) is 6. The Bertz CT molecular complexity index is 1030. The van der Waals surface area contributed by atoms with Crippen molar-refractivity contribution in [1.29, 1.82) is 0 Å². The van der Waals surface area contributed by atoms with Crippen LogP contribution in [-0.4, -0.2) is 51.1 Å². The van der Waals surface area contributed by atoms with E-state index in [1.807, 2.05) is 26.8 Å². The fourth-order valence-corrected chi connectivity index (χ4v) is 4.70. The number of rotatable bonds is 6. The number of amides is 2. The van der Waals surface area contributed by atoms with Crippen LogP contribution >= 0.6 is 0 Å². The lowest BCUT2D eigenvalue weighted by atomic mass is 9.90. The highest BCUT2D eigenvalue weighted by atomic mass is 16.6. The summed E-state index contributed by atoms with van der Waals surface area (Å²) >= 11 is 0. The van der Waals surface area contributed by atoms with E-state index in [-0.39, 0.29) is 18.7 Å². The van der Waals surface area contributed by atoms with Gasteiger partial charge in [0.1, 0.15) is 0 Å². The molecule has 8 nitrogen and oxygen atoms in total. The van der Waals surface area contributed by atoms with Gasteiger partial charge < -0.3 is 18.9 Å². The van der Waals surface area contributed by atoms with Crippen LogP contribution in [-0.2, 0) is 16.0 Å². The van der Waals surface area contributed by atoms with Crippen LogP contribution in [0.4, 0.5) is 15.3 Å². The van der Waals surface area contributed by atoms with Crippen molar-refractivity contribution in [2.75, 3.05) is 32.8 Å². The lowest BCUT2D eigenvalue weighted by Gasteiger charge is -2.42. The molecule has 0 radical (unpaired) electrons. The number of hydrogen-bond donors (Lipinski definition) is 0. The molecule has 0 saturated carbocycles. The first-order valence-corrected chi connectivity index (χ1v) is 11.4. The molecule has 2 aromatic carbocycles. The van der Waals surface area contributed by atoms with Crippen LogP contribution in [0, 0.1) is 13.8 Å². The molecule has 1 aliphatic heterocycles. The fourth-order valence-electron chi connectivity index (χ4n) is 4.70. The summed E-state index contributed by atoms with van der Waals surface area (Å²) in [6.07, 6.45) is -0.385. The van der Waals surface area contributed by atoms with E-state index in [0.29, 0.717) is 30.2 Å². The molecule has 2 atom stereocenters. The van der Waals surface area contributed by atoms with Crippen molar-refractivity contribution in [3.8, 4) is 11.5 Å². The Kier molecular flexibility index (Phi) is 7.91. The molecular formula is C26H34N2O6. The molecule has 0 bridgehead atoms. The molecule has 0 aliphatic carbocycles. The number of aryl methyl sites for hydroxylation is 2. The van der Waals surface area contributed by atoms with Crippen LogP contribution in [0.3, 0.4) is 0 Å². The van der Waals surface area contributed by atoms with E-state index in [0.717, 1.165) is 22.3 Å². The van der Waals surface area contributed by atoms with Gasteiger partial charge in [0.15, 0.2) is 11.5 Å². The lowest BCUT2D eigenvalue weighted by Crippen LogP contribution is -2.47. The number of carbonyl (C=O) groups excluding carboxylic acids is 2. The Balaban J connectivity index is 2.15. The Hall–Kier alpha value is -3.42. The molecule has 2 aromatic rings. The first kappa shape index (κ1) is 25.2. The highest BCUT2D eigenvalue weighted by Gasteiger charge is 2.40. The van der Waals surface area contributed by atoms with Gasteiger partial charge in [-0.05, 0) is 45.7 Å². The minimum atomic E-state index is -0.444. The highest BCUT2D eigenvalue weighted by Crippen LogP contribution is 2.46. The van der Waals surface area contributed by atoms with Crippen molar-refractivity contribution >= 4 is 17.9 Å². The minimum absolute atomic E-state index is 0.235. The zero-order chi connectivity index (χ0) is 25.0. The molecule has 2 amide bonds. The van der Waals surface area contributed by atoms with E-state index in [4.69, 9.17) is 18.9 Å². The first-order chi connectivity index (χ1) is 16.2. The standard InChI is InChI=1S/C26H34N2O6/c1-8-34-26(30)28-18(4)12-21(20-13-23(31-5)24(32-6)14-22(20)28)27(25(29)33-7)15-19-10-16(2)9-17(3)11-19/h9-11,13-14,18,21H,8,12,15H2,1-7H3/t18-,21+/m0/s1. The summed E-state index contributed by atoms with van der Waals surface area (Å²) in [5, 5.41) is 0. The molecule has 1 aliphatic rings. The zero-order valence-corrected chi connectivity index (χ0v) is 21.0. The van der Waals surface area contributed by atoms with Crippen LogP contribution in [0.1, 0.15) is 48.6 Å². The van der Waals surface area contributed by atoms with E-state index in [9.17, 15) is 9.59 Å². The van der Waals surface area contributed by atoms with Crippen molar-refractivity contribution in [1.82, 2.24) is 4.90 Å². The Labute approximate surface area is 201 Å². The van der Waals surface area contributed by atoms with Crippen molar-refractivity contribution in [3.63, 3.8) is 0 Å². The predicted octanol–water partition coefficient (Wildman–Crippen LogP) is 5.39. The maximum atomic E-state index is 13.0. The van der Waals surface area contributed by atoms with E-state index in [1.54, 1.807) is 37.0 Å². The highest BCUT2D eigenvalue weighted by molar-refractivity contribution is 5.91. The number of methoxy groups -OCH3 is 3. The van der Waals surface area contributed by atoms with E-state index < -0.39 is 12.2 Å². The maximum absolute atomic E-state index is 13.0. The molecule has 0 saturated heterocycles. The second kappa shape index (κ2) is 10.7. The van der Waals surface area contributed by atoms with Gasteiger partial charge in [-0.3, -0.25) is 9.80 Å². The third kappa shape index (κ3) is 5.05. The van der Waals surface area contributed by atoms with Crippen molar-refractivity contribution in [3.05, 3.63) is 52.6 Å². The number of ether oxygens (including phenoxy) is 4.